The number of hydrogen-bond acceptors (Lipinski definition) is 7. The van der Waals surface area contributed by atoms with Gasteiger partial charge in [0.2, 0.25) is 5.91 Å². The minimum Gasteiger partial charge on any atom is -0.497 e. The number of nitrogens with zero attached hydrogens (tertiary/aromatic N) is 3. The topological polar surface area (TPSA) is 108 Å². The van der Waals surface area contributed by atoms with Crippen LogP contribution in [0.2, 0.25) is 0 Å². The molecule has 0 unspecified atom stereocenters. The Morgan fingerprint density at radius 1 is 1.19 bits per heavy atom. The standard InChI is InChI=1S/C21H17FN4O5/c1-29-14-6-7-16(30-2)15(9-14)24-17(27)10-26-11-23-20-18(21(26)28)19(25-31-20)12-4-3-5-13(22)8-12/h3-9,11H,10H2,1-2H3,(H,24,27). The lowest BCUT2D eigenvalue weighted by atomic mass is 10.1. The van der Waals surface area contributed by atoms with E-state index >= 15 is 0 Å². The molecule has 0 aliphatic carbocycles. The third kappa shape index (κ3) is 3.95. The Bertz CT molecular complexity index is 1330. The van der Waals surface area contributed by atoms with Crippen molar-refractivity contribution in [1.82, 2.24) is 14.7 Å². The summed E-state index contributed by atoms with van der Waals surface area (Å²) in [6.07, 6.45) is 1.19. The number of halogens is 1. The molecule has 31 heavy (non-hydrogen) atoms. The lowest BCUT2D eigenvalue weighted by Crippen LogP contribution is -2.28. The highest BCUT2D eigenvalue weighted by Gasteiger charge is 2.19. The van der Waals surface area contributed by atoms with E-state index in [0.29, 0.717) is 22.7 Å². The molecule has 1 amide bonds. The van der Waals surface area contributed by atoms with Gasteiger partial charge in [-0.05, 0) is 24.3 Å². The monoisotopic (exact) mass is 424 g/mol. The van der Waals surface area contributed by atoms with Gasteiger partial charge in [-0.15, -0.1) is 0 Å². The Labute approximate surface area is 175 Å². The first kappa shape index (κ1) is 20.1. The number of aromatic nitrogens is 3. The van der Waals surface area contributed by atoms with Crippen LogP contribution in [0.1, 0.15) is 0 Å². The largest absolute Gasteiger partial charge is 0.497 e. The number of rotatable bonds is 6. The van der Waals surface area contributed by atoms with Gasteiger partial charge in [0.15, 0.2) is 0 Å². The number of nitrogens with one attached hydrogen (secondary N) is 1. The third-order valence-electron chi connectivity index (χ3n) is 4.56. The summed E-state index contributed by atoms with van der Waals surface area (Å²) in [6, 6.07) is 10.5. The molecule has 0 aliphatic rings. The van der Waals surface area contributed by atoms with E-state index in [1.165, 1.54) is 38.7 Å². The molecule has 0 saturated carbocycles. The zero-order valence-electron chi connectivity index (χ0n) is 16.6. The molecule has 1 N–H and O–H groups in total. The zero-order chi connectivity index (χ0) is 22.0. The predicted octanol–water partition coefficient (Wildman–Crippen LogP) is 2.85. The van der Waals surface area contributed by atoms with Gasteiger partial charge < -0.3 is 19.3 Å². The van der Waals surface area contributed by atoms with Crippen molar-refractivity contribution in [3.05, 3.63) is 65.0 Å². The minimum atomic E-state index is -0.543. The Hall–Kier alpha value is -4.21. The van der Waals surface area contributed by atoms with Crippen molar-refractivity contribution in [3.63, 3.8) is 0 Å². The normalized spacial score (nSPS) is 10.8. The van der Waals surface area contributed by atoms with Gasteiger partial charge in [-0.1, -0.05) is 17.3 Å². The SMILES string of the molecule is COc1ccc(OC)c(NC(=O)Cn2cnc3onc(-c4cccc(F)c4)c3c2=O)c1. The summed E-state index contributed by atoms with van der Waals surface area (Å²) in [6.45, 7) is -0.324. The Balaban J connectivity index is 1.65. The maximum absolute atomic E-state index is 13.6. The van der Waals surface area contributed by atoms with Crippen molar-refractivity contribution < 1.29 is 23.2 Å². The van der Waals surface area contributed by atoms with E-state index in [1.807, 2.05) is 0 Å². The quantitative estimate of drug-likeness (QED) is 0.507. The van der Waals surface area contributed by atoms with Crippen LogP contribution < -0.4 is 20.3 Å². The maximum Gasteiger partial charge on any atom is 0.267 e. The Morgan fingerprint density at radius 3 is 2.77 bits per heavy atom. The van der Waals surface area contributed by atoms with E-state index in [0.717, 1.165) is 4.57 Å². The number of ether oxygens (including phenoxy) is 2. The molecule has 2 aromatic carbocycles. The van der Waals surface area contributed by atoms with Gasteiger partial charge in [-0.3, -0.25) is 14.2 Å². The molecular weight excluding hydrogens is 407 g/mol. The zero-order valence-corrected chi connectivity index (χ0v) is 16.6. The summed E-state index contributed by atoms with van der Waals surface area (Å²) in [5.74, 6) is -0.00824. The van der Waals surface area contributed by atoms with Crippen LogP contribution >= 0.6 is 0 Å². The molecule has 4 rings (SSSR count). The molecule has 0 radical (unpaired) electrons. The van der Waals surface area contributed by atoms with Crippen LogP contribution in [-0.2, 0) is 11.3 Å². The molecule has 0 spiro atoms. The van der Waals surface area contributed by atoms with Gasteiger partial charge in [0.25, 0.3) is 11.3 Å². The average molecular weight is 424 g/mol. The summed E-state index contributed by atoms with van der Waals surface area (Å²) in [7, 11) is 2.97. The van der Waals surface area contributed by atoms with E-state index in [1.54, 1.807) is 24.3 Å². The molecule has 0 aliphatic heterocycles. The first-order valence-corrected chi connectivity index (χ1v) is 9.13. The number of hydrogen-bond donors (Lipinski definition) is 1. The summed E-state index contributed by atoms with van der Waals surface area (Å²) < 4.78 is 30.2. The van der Waals surface area contributed by atoms with Gasteiger partial charge in [-0.25, -0.2) is 9.37 Å². The lowest BCUT2D eigenvalue weighted by Gasteiger charge is -2.12. The molecule has 2 heterocycles. The fourth-order valence-electron chi connectivity index (χ4n) is 3.08. The van der Waals surface area contributed by atoms with Crippen molar-refractivity contribution in [3.8, 4) is 22.8 Å². The molecule has 0 fully saturated rings. The van der Waals surface area contributed by atoms with Gasteiger partial charge in [0, 0.05) is 11.6 Å². The Kier molecular flexibility index (Phi) is 5.35. The number of carbonyl (C=O) groups is 1. The molecule has 158 valence electrons. The third-order valence-corrected chi connectivity index (χ3v) is 4.56. The molecule has 0 atom stereocenters. The van der Waals surface area contributed by atoms with Gasteiger partial charge in [0.05, 0.1) is 19.9 Å². The van der Waals surface area contributed by atoms with Crippen molar-refractivity contribution in [2.75, 3.05) is 19.5 Å². The number of benzene rings is 2. The summed E-state index contributed by atoms with van der Waals surface area (Å²) in [4.78, 5) is 29.6. The minimum absolute atomic E-state index is 0.00427. The molecule has 0 saturated heterocycles. The smallest absolute Gasteiger partial charge is 0.267 e. The second kappa shape index (κ2) is 8.27. The predicted molar refractivity (Wildman–Crippen MR) is 110 cm³/mol. The highest BCUT2D eigenvalue weighted by Crippen LogP contribution is 2.29. The Morgan fingerprint density at radius 2 is 2.03 bits per heavy atom. The molecule has 10 heteroatoms. The highest BCUT2D eigenvalue weighted by atomic mass is 19.1. The maximum atomic E-state index is 13.6. The highest BCUT2D eigenvalue weighted by molar-refractivity contribution is 5.93. The van der Waals surface area contributed by atoms with Crippen LogP contribution in [0.5, 0.6) is 11.5 Å². The summed E-state index contributed by atoms with van der Waals surface area (Å²) >= 11 is 0. The number of amides is 1. The van der Waals surface area contributed by atoms with Crippen molar-refractivity contribution in [2.45, 2.75) is 6.54 Å². The molecule has 9 nitrogen and oxygen atoms in total. The molecule has 0 bridgehead atoms. The van der Waals surface area contributed by atoms with Crippen molar-refractivity contribution in [1.29, 1.82) is 0 Å². The number of methoxy groups -OCH3 is 2. The fourth-order valence-corrected chi connectivity index (χ4v) is 3.08. The summed E-state index contributed by atoms with van der Waals surface area (Å²) in [5, 5.41) is 6.59. The molecular formula is C21H17FN4O5. The van der Waals surface area contributed by atoms with Gasteiger partial charge in [-0.2, -0.15) is 0 Å². The van der Waals surface area contributed by atoms with Crippen LogP contribution in [0.4, 0.5) is 10.1 Å². The first-order valence-electron chi connectivity index (χ1n) is 9.13. The number of carbonyl (C=O) groups excluding carboxylic acids is 1. The molecule has 4 aromatic rings. The van der Waals surface area contributed by atoms with Gasteiger partial charge in [0.1, 0.15) is 41.3 Å². The van der Waals surface area contributed by atoms with Crippen molar-refractivity contribution >= 4 is 22.7 Å². The second-order valence-corrected chi connectivity index (χ2v) is 6.51. The molecule has 2 aromatic heterocycles. The van der Waals surface area contributed by atoms with Gasteiger partial charge >= 0.3 is 0 Å². The van der Waals surface area contributed by atoms with Crippen LogP contribution in [0.15, 0.2) is 58.1 Å². The van der Waals surface area contributed by atoms with Crippen LogP contribution in [0.25, 0.3) is 22.4 Å². The van der Waals surface area contributed by atoms with Crippen molar-refractivity contribution in [2.24, 2.45) is 0 Å². The van der Waals surface area contributed by atoms with E-state index in [2.05, 4.69) is 15.5 Å². The van der Waals surface area contributed by atoms with E-state index in [-0.39, 0.29) is 23.3 Å². The number of anilines is 1. The fraction of sp³-hybridized carbons (Fsp3) is 0.143. The number of fused-ring (bicyclic) bond motifs is 1. The van der Waals surface area contributed by atoms with Crippen LogP contribution in [-0.4, -0.2) is 34.8 Å². The van der Waals surface area contributed by atoms with E-state index < -0.39 is 17.3 Å². The van der Waals surface area contributed by atoms with E-state index in [4.69, 9.17) is 14.0 Å². The lowest BCUT2D eigenvalue weighted by molar-refractivity contribution is -0.116. The first-order chi connectivity index (χ1) is 15.0. The summed E-state index contributed by atoms with van der Waals surface area (Å²) in [5.41, 5.74) is 0.352. The second-order valence-electron chi connectivity index (χ2n) is 6.51. The van der Waals surface area contributed by atoms with Crippen LogP contribution in [0.3, 0.4) is 0 Å². The van der Waals surface area contributed by atoms with E-state index in [9.17, 15) is 14.0 Å². The average Bonchev–Trinajstić information content (AvgIpc) is 3.20. The van der Waals surface area contributed by atoms with Crippen LogP contribution in [0, 0.1) is 5.82 Å².